The summed E-state index contributed by atoms with van der Waals surface area (Å²) in [5, 5.41) is 5.35. The second kappa shape index (κ2) is 5.59. The number of carbonyl (C=O) groups excluding carboxylic acids is 1. The summed E-state index contributed by atoms with van der Waals surface area (Å²) < 4.78 is 27.3. The molecule has 0 aromatic heterocycles. The Morgan fingerprint density at radius 2 is 2.20 bits per heavy atom. The average molecular weight is 319 g/mol. The normalized spacial score (nSPS) is 19.4. The minimum atomic E-state index is -3.60. The van der Waals surface area contributed by atoms with Crippen molar-refractivity contribution in [1.82, 2.24) is 0 Å². The third-order valence-electron chi connectivity index (χ3n) is 3.13. The Morgan fingerprint density at radius 3 is 2.80 bits per heavy atom. The number of primary sulfonamides is 1. The van der Waals surface area contributed by atoms with Gasteiger partial charge in [-0.2, -0.15) is 0 Å². The predicted molar refractivity (Wildman–Crippen MR) is 76.4 cm³/mol. The van der Waals surface area contributed by atoms with E-state index in [-0.39, 0.29) is 30.5 Å². The van der Waals surface area contributed by atoms with Crippen LogP contribution in [0.2, 0.25) is 5.02 Å². The molecular weight excluding hydrogens is 304 g/mol. The Balaban J connectivity index is 2.24. The van der Waals surface area contributed by atoms with E-state index in [2.05, 4.69) is 0 Å². The number of nitrogens with two attached hydrogens (primary N) is 1. The Hall–Kier alpha value is -1.31. The third kappa shape index (κ3) is 3.23. The van der Waals surface area contributed by atoms with E-state index in [1.54, 1.807) is 18.2 Å². The van der Waals surface area contributed by atoms with Crippen molar-refractivity contribution in [2.75, 3.05) is 24.3 Å². The van der Waals surface area contributed by atoms with Crippen LogP contribution in [-0.2, 0) is 14.8 Å². The molecule has 1 aromatic rings. The number of nitrogens with zero attached hydrogens (tertiary/aromatic N) is 1. The molecule has 2 rings (SSSR count). The van der Waals surface area contributed by atoms with E-state index in [9.17, 15) is 13.2 Å². The van der Waals surface area contributed by atoms with Crippen molar-refractivity contribution in [3.05, 3.63) is 23.2 Å². The highest BCUT2D eigenvalue weighted by Crippen LogP contribution is 2.37. The first-order chi connectivity index (χ1) is 9.31. The molecule has 0 radical (unpaired) electrons. The second-order valence-corrected chi connectivity index (χ2v) is 6.73. The molecule has 110 valence electrons. The average Bonchev–Trinajstić information content (AvgIpc) is 2.68. The Morgan fingerprint density at radius 1 is 1.50 bits per heavy atom. The van der Waals surface area contributed by atoms with E-state index in [1.165, 1.54) is 12.0 Å². The van der Waals surface area contributed by atoms with Gasteiger partial charge in [-0.15, -0.1) is 0 Å². The summed E-state index contributed by atoms with van der Waals surface area (Å²) in [5.74, 6) is -0.239. The van der Waals surface area contributed by atoms with Gasteiger partial charge < -0.3 is 9.64 Å². The van der Waals surface area contributed by atoms with Gasteiger partial charge in [-0.1, -0.05) is 17.7 Å². The number of methoxy groups -OCH3 is 1. The quantitative estimate of drug-likeness (QED) is 0.896. The number of sulfonamides is 1. The van der Waals surface area contributed by atoms with Crippen molar-refractivity contribution < 1.29 is 17.9 Å². The molecule has 2 N–H and O–H groups in total. The summed E-state index contributed by atoms with van der Waals surface area (Å²) in [6.07, 6.45) is 0.143. The molecule has 0 aliphatic carbocycles. The molecular formula is C12H15ClN2O4S. The van der Waals surface area contributed by atoms with Crippen LogP contribution < -0.4 is 14.8 Å². The molecule has 1 aliphatic rings. The zero-order valence-electron chi connectivity index (χ0n) is 10.9. The van der Waals surface area contributed by atoms with Gasteiger partial charge in [-0.05, 0) is 12.1 Å². The zero-order valence-corrected chi connectivity index (χ0v) is 12.4. The number of anilines is 1. The largest absolute Gasteiger partial charge is 0.495 e. The van der Waals surface area contributed by atoms with Gasteiger partial charge in [0.2, 0.25) is 15.9 Å². The highest BCUT2D eigenvalue weighted by Gasteiger charge is 2.34. The van der Waals surface area contributed by atoms with Gasteiger partial charge in [-0.3, -0.25) is 4.79 Å². The van der Waals surface area contributed by atoms with Gasteiger partial charge in [0, 0.05) is 18.9 Å². The number of rotatable bonds is 4. The van der Waals surface area contributed by atoms with Crippen LogP contribution in [-0.4, -0.2) is 33.7 Å². The van der Waals surface area contributed by atoms with Gasteiger partial charge in [0.05, 0.1) is 18.6 Å². The van der Waals surface area contributed by atoms with Gasteiger partial charge in [0.1, 0.15) is 10.8 Å². The molecule has 1 unspecified atom stereocenters. The van der Waals surface area contributed by atoms with Gasteiger partial charge in [0.25, 0.3) is 0 Å². The Kier molecular flexibility index (Phi) is 4.22. The predicted octanol–water partition coefficient (Wildman–Crippen LogP) is 0.990. The van der Waals surface area contributed by atoms with Crippen molar-refractivity contribution in [1.29, 1.82) is 0 Å². The number of amides is 1. The molecule has 1 aromatic carbocycles. The summed E-state index contributed by atoms with van der Waals surface area (Å²) in [5.41, 5.74) is 0.521. The number of ether oxygens (including phenoxy) is 1. The second-order valence-electron chi connectivity index (χ2n) is 4.70. The van der Waals surface area contributed by atoms with Crippen molar-refractivity contribution in [3.63, 3.8) is 0 Å². The van der Waals surface area contributed by atoms with E-state index in [1.807, 2.05) is 0 Å². The molecule has 1 heterocycles. The van der Waals surface area contributed by atoms with Gasteiger partial charge in [0.15, 0.2) is 0 Å². The molecule has 8 heteroatoms. The SMILES string of the molecule is COc1cccc(N2CC(CS(N)(=O)=O)CC2=O)c1Cl. The summed E-state index contributed by atoms with van der Waals surface area (Å²) in [6, 6.07) is 5.11. The number of hydrogen-bond donors (Lipinski definition) is 1. The molecule has 0 saturated carbocycles. The van der Waals surface area contributed by atoms with Gasteiger partial charge in [-0.25, -0.2) is 13.6 Å². The Labute approximate surface area is 122 Å². The lowest BCUT2D eigenvalue weighted by molar-refractivity contribution is -0.117. The lowest BCUT2D eigenvalue weighted by Gasteiger charge is -2.19. The molecule has 1 aliphatic heterocycles. The number of hydrogen-bond acceptors (Lipinski definition) is 4. The van der Waals surface area contributed by atoms with Crippen LogP contribution in [0, 0.1) is 5.92 Å². The van der Waals surface area contributed by atoms with Crippen LogP contribution >= 0.6 is 11.6 Å². The summed E-state index contributed by atoms with van der Waals surface area (Å²) in [6.45, 7) is 0.280. The molecule has 1 atom stereocenters. The Bertz CT molecular complexity index is 632. The maximum absolute atomic E-state index is 12.0. The first-order valence-electron chi connectivity index (χ1n) is 5.95. The number of benzene rings is 1. The maximum atomic E-state index is 12.0. The van der Waals surface area contributed by atoms with Crippen molar-refractivity contribution in [2.24, 2.45) is 11.1 Å². The highest BCUT2D eigenvalue weighted by atomic mass is 35.5. The molecule has 0 bridgehead atoms. The van der Waals surface area contributed by atoms with Crippen LogP contribution in [0.1, 0.15) is 6.42 Å². The molecule has 20 heavy (non-hydrogen) atoms. The molecule has 0 spiro atoms. The standard InChI is InChI=1S/C12H15ClN2O4S/c1-19-10-4-2-3-9(12(10)13)15-6-8(5-11(15)16)7-20(14,17)18/h2-4,8H,5-7H2,1H3,(H2,14,17,18). The van der Waals surface area contributed by atoms with Crippen molar-refractivity contribution >= 4 is 33.2 Å². The number of halogens is 1. The molecule has 6 nitrogen and oxygen atoms in total. The summed E-state index contributed by atoms with van der Waals surface area (Å²) in [4.78, 5) is 13.5. The van der Waals surface area contributed by atoms with Gasteiger partial charge >= 0.3 is 0 Å². The van der Waals surface area contributed by atoms with Crippen LogP contribution in [0.25, 0.3) is 0 Å². The lowest BCUT2D eigenvalue weighted by atomic mass is 10.1. The lowest BCUT2D eigenvalue weighted by Crippen LogP contribution is -2.27. The molecule has 1 amide bonds. The maximum Gasteiger partial charge on any atom is 0.227 e. The van der Waals surface area contributed by atoms with E-state index < -0.39 is 10.0 Å². The monoisotopic (exact) mass is 318 g/mol. The van der Waals surface area contributed by atoms with E-state index in [0.717, 1.165) is 0 Å². The summed E-state index contributed by atoms with van der Waals surface area (Å²) in [7, 11) is -2.11. The highest BCUT2D eigenvalue weighted by molar-refractivity contribution is 7.89. The fourth-order valence-corrected chi connectivity index (χ4v) is 3.51. The fourth-order valence-electron chi connectivity index (χ4n) is 2.32. The minimum Gasteiger partial charge on any atom is -0.495 e. The first kappa shape index (κ1) is 15.1. The summed E-state index contributed by atoms with van der Waals surface area (Å²) >= 11 is 6.17. The smallest absolute Gasteiger partial charge is 0.227 e. The fraction of sp³-hybridized carbons (Fsp3) is 0.417. The third-order valence-corrected chi connectivity index (χ3v) is 4.44. The van der Waals surface area contributed by atoms with E-state index in [4.69, 9.17) is 21.5 Å². The van der Waals surface area contributed by atoms with E-state index >= 15 is 0 Å². The topological polar surface area (TPSA) is 89.7 Å². The van der Waals surface area contributed by atoms with E-state index in [0.29, 0.717) is 16.5 Å². The molecule has 1 fully saturated rings. The molecule has 1 saturated heterocycles. The van der Waals surface area contributed by atoms with Crippen molar-refractivity contribution in [2.45, 2.75) is 6.42 Å². The van der Waals surface area contributed by atoms with Crippen LogP contribution in [0.5, 0.6) is 5.75 Å². The zero-order chi connectivity index (χ0) is 14.9. The number of carbonyl (C=O) groups is 1. The minimum absolute atomic E-state index is 0.143. The van der Waals surface area contributed by atoms with Crippen LogP contribution in [0.3, 0.4) is 0 Å². The van der Waals surface area contributed by atoms with Crippen LogP contribution in [0.15, 0.2) is 18.2 Å². The van der Waals surface area contributed by atoms with Crippen molar-refractivity contribution in [3.8, 4) is 5.75 Å². The first-order valence-corrected chi connectivity index (χ1v) is 8.04. The van der Waals surface area contributed by atoms with Crippen LogP contribution in [0.4, 0.5) is 5.69 Å².